The molecule has 0 atom stereocenters. The highest BCUT2D eigenvalue weighted by atomic mass is 19.1. The Hall–Kier alpha value is -1.18. The van der Waals surface area contributed by atoms with Crippen LogP contribution in [0.25, 0.3) is 0 Å². The summed E-state index contributed by atoms with van der Waals surface area (Å²) in [6, 6.07) is 6.58. The number of carbonyl (C=O) groups excluding carboxylic acids is 1. The fraction of sp³-hybridized carbons (Fsp3) is 0.533. The zero-order valence-electron chi connectivity index (χ0n) is 10.9. The Balaban J connectivity index is 2.25. The summed E-state index contributed by atoms with van der Waals surface area (Å²) in [4.78, 5) is 11.7. The highest BCUT2D eigenvalue weighted by Gasteiger charge is 2.19. The van der Waals surface area contributed by atoms with Gasteiger partial charge in [-0.2, -0.15) is 0 Å². The van der Waals surface area contributed by atoms with Crippen molar-refractivity contribution in [1.29, 1.82) is 0 Å². The van der Waals surface area contributed by atoms with Crippen molar-refractivity contribution in [3.05, 3.63) is 35.6 Å². The number of unbranched alkanes of at least 4 members (excludes halogenated alkanes) is 1. The molecule has 0 amide bonds. The number of hydrogen-bond donors (Lipinski definition) is 0. The summed E-state index contributed by atoms with van der Waals surface area (Å²) >= 11 is 0. The molecule has 0 N–H and O–H groups in total. The SMILES string of the molecule is CC(C)(C)C(=O)CCCCc1ccc(F)cc1. The van der Waals surface area contributed by atoms with Gasteiger partial charge in [-0.25, -0.2) is 4.39 Å². The van der Waals surface area contributed by atoms with Gasteiger partial charge in [-0.05, 0) is 37.0 Å². The van der Waals surface area contributed by atoms with E-state index in [1.165, 1.54) is 12.1 Å². The number of rotatable bonds is 5. The number of hydrogen-bond acceptors (Lipinski definition) is 1. The van der Waals surface area contributed by atoms with Crippen LogP contribution < -0.4 is 0 Å². The van der Waals surface area contributed by atoms with Crippen LogP contribution in [-0.4, -0.2) is 5.78 Å². The second-order valence-corrected chi connectivity index (χ2v) is 5.51. The number of Topliss-reactive ketones (excluding diaryl/α,β-unsaturated/α-hetero) is 1. The first-order valence-corrected chi connectivity index (χ1v) is 6.17. The molecular weight excluding hydrogens is 215 g/mol. The summed E-state index contributed by atoms with van der Waals surface area (Å²) in [5.41, 5.74) is 0.908. The van der Waals surface area contributed by atoms with Crippen LogP contribution in [0.4, 0.5) is 4.39 Å². The van der Waals surface area contributed by atoms with E-state index < -0.39 is 0 Å². The topological polar surface area (TPSA) is 17.1 Å². The molecule has 0 aliphatic heterocycles. The van der Waals surface area contributed by atoms with Crippen molar-refractivity contribution in [2.45, 2.75) is 46.5 Å². The Bertz CT molecular complexity index is 360. The van der Waals surface area contributed by atoms with Gasteiger partial charge in [0.05, 0.1) is 0 Å². The number of aryl methyl sites for hydroxylation is 1. The largest absolute Gasteiger partial charge is 0.299 e. The highest BCUT2D eigenvalue weighted by molar-refractivity contribution is 5.83. The van der Waals surface area contributed by atoms with Crippen molar-refractivity contribution in [2.75, 3.05) is 0 Å². The lowest BCUT2D eigenvalue weighted by molar-refractivity contribution is -0.126. The van der Waals surface area contributed by atoms with Crippen LogP contribution in [0.1, 0.15) is 45.6 Å². The van der Waals surface area contributed by atoms with Crippen LogP contribution in [0, 0.1) is 11.2 Å². The summed E-state index contributed by atoms with van der Waals surface area (Å²) in [6.07, 6.45) is 3.45. The van der Waals surface area contributed by atoms with Crippen molar-refractivity contribution < 1.29 is 9.18 Å². The van der Waals surface area contributed by atoms with Crippen molar-refractivity contribution in [3.8, 4) is 0 Å². The van der Waals surface area contributed by atoms with Crippen LogP contribution in [0.2, 0.25) is 0 Å². The first-order valence-electron chi connectivity index (χ1n) is 6.17. The minimum atomic E-state index is -0.226. The predicted molar refractivity (Wildman–Crippen MR) is 68.4 cm³/mol. The summed E-state index contributed by atoms with van der Waals surface area (Å²) < 4.78 is 12.7. The van der Waals surface area contributed by atoms with Crippen LogP contribution in [0.15, 0.2) is 24.3 Å². The molecule has 0 heterocycles. The fourth-order valence-electron chi connectivity index (χ4n) is 1.64. The number of carbonyl (C=O) groups is 1. The van der Waals surface area contributed by atoms with Crippen LogP contribution >= 0.6 is 0 Å². The van der Waals surface area contributed by atoms with E-state index in [9.17, 15) is 9.18 Å². The molecule has 0 unspecified atom stereocenters. The van der Waals surface area contributed by atoms with Gasteiger partial charge in [-0.15, -0.1) is 0 Å². The first kappa shape index (κ1) is 13.9. The van der Waals surface area contributed by atoms with Crippen molar-refractivity contribution >= 4 is 5.78 Å². The van der Waals surface area contributed by atoms with Gasteiger partial charge in [0.1, 0.15) is 11.6 Å². The second kappa shape index (κ2) is 5.95. The average molecular weight is 236 g/mol. The summed E-state index contributed by atoms with van der Waals surface area (Å²) in [7, 11) is 0. The highest BCUT2D eigenvalue weighted by Crippen LogP contribution is 2.18. The lowest BCUT2D eigenvalue weighted by atomic mass is 9.87. The minimum absolute atomic E-state index is 0.198. The lowest BCUT2D eigenvalue weighted by Crippen LogP contribution is -2.19. The third kappa shape index (κ3) is 5.12. The van der Waals surface area contributed by atoms with Gasteiger partial charge in [0, 0.05) is 11.8 Å². The molecule has 0 aromatic heterocycles. The third-order valence-electron chi connectivity index (χ3n) is 2.87. The van der Waals surface area contributed by atoms with Gasteiger partial charge in [-0.1, -0.05) is 32.9 Å². The van der Waals surface area contributed by atoms with E-state index in [1.54, 1.807) is 12.1 Å². The Morgan fingerprint density at radius 3 is 2.24 bits per heavy atom. The van der Waals surface area contributed by atoms with Gasteiger partial charge in [-0.3, -0.25) is 4.79 Å². The van der Waals surface area contributed by atoms with Crippen LogP contribution in [-0.2, 0) is 11.2 Å². The Morgan fingerprint density at radius 2 is 1.71 bits per heavy atom. The number of ketones is 1. The van der Waals surface area contributed by atoms with E-state index in [0.29, 0.717) is 12.2 Å². The fourth-order valence-corrected chi connectivity index (χ4v) is 1.64. The van der Waals surface area contributed by atoms with E-state index in [4.69, 9.17) is 0 Å². The van der Waals surface area contributed by atoms with E-state index in [1.807, 2.05) is 20.8 Å². The van der Waals surface area contributed by atoms with E-state index in [-0.39, 0.29) is 11.2 Å². The molecule has 0 saturated carbocycles. The molecule has 1 aromatic carbocycles. The quantitative estimate of drug-likeness (QED) is 0.702. The molecule has 1 nitrogen and oxygen atoms in total. The molecule has 0 fully saturated rings. The molecular formula is C15H21FO. The van der Waals surface area contributed by atoms with E-state index in [0.717, 1.165) is 24.8 Å². The molecule has 2 heteroatoms. The molecule has 0 radical (unpaired) electrons. The van der Waals surface area contributed by atoms with Crippen LogP contribution in [0.3, 0.4) is 0 Å². The van der Waals surface area contributed by atoms with Crippen molar-refractivity contribution in [1.82, 2.24) is 0 Å². The number of benzene rings is 1. The molecule has 0 aliphatic rings. The molecule has 0 spiro atoms. The molecule has 0 aliphatic carbocycles. The second-order valence-electron chi connectivity index (χ2n) is 5.51. The Morgan fingerprint density at radius 1 is 1.12 bits per heavy atom. The van der Waals surface area contributed by atoms with Gasteiger partial charge >= 0.3 is 0 Å². The molecule has 0 bridgehead atoms. The maximum absolute atomic E-state index is 12.7. The number of halogens is 1. The minimum Gasteiger partial charge on any atom is -0.299 e. The maximum Gasteiger partial charge on any atom is 0.138 e. The molecule has 94 valence electrons. The van der Waals surface area contributed by atoms with E-state index in [2.05, 4.69) is 0 Å². The van der Waals surface area contributed by atoms with Gasteiger partial charge in [0.15, 0.2) is 0 Å². The van der Waals surface area contributed by atoms with Gasteiger partial charge < -0.3 is 0 Å². The van der Waals surface area contributed by atoms with Crippen molar-refractivity contribution in [2.24, 2.45) is 5.41 Å². The summed E-state index contributed by atoms with van der Waals surface area (Å²) in [6.45, 7) is 5.86. The zero-order valence-corrected chi connectivity index (χ0v) is 10.9. The molecule has 1 rings (SSSR count). The standard InChI is InChI=1S/C15H21FO/c1-15(2,3)14(17)7-5-4-6-12-8-10-13(16)11-9-12/h8-11H,4-7H2,1-3H3. The third-order valence-corrected chi connectivity index (χ3v) is 2.87. The van der Waals surface area contributed by atoms with E-state index >= 15 is 0 Å². The zero-order chi connectivity index (χ0) is 12.9. The smallest absolute Gasteiger partial charge is 0.138 e. The normalized spacial score (nSPS) is 11.5. The molecule has 17 heavy (non-hydrogen) atoms. The summed E-state index contributed by atoms with van der Waals surface area (Å²) in [5.74, 6) is 0.119. The first-order chi connectivity index (χ1) is 7.89. The van der Waals surface area contributed by atoms with Gasteiger partial charge in [0.25, 0.3) is 0 Å². The van der Waals surface area contributed by atoms with Crippen LogP contribution in [0.5, 0.6) is 0 Å². The molecule has 0 saturated heterocycles. The maximum atomic E-state index is 12.7. The monoisotopic (exact) mass is 236 g/mol. The Kier molecular flexibility index (Phi) is 4.86. The van der Waals surface area contributed by atoms with Gasteiger partial charge in [0.2, 0.25) is 0 Å². The molecule has 1 aromatic rings. The summed E-state index contributed by atoms with van der Waals surface area (Å²) in [5, 5.41) is 0. The van der Waals surface area contributed by atoms with Crippen molar-refractivity contribution in [3.63, 3.8) is 0 Å². The average Bonchev–Trinajstić information content (AvgIpc) is 2.25. The predicted octanol–water partition coefficient (Wildman–Crippen LogP) is 4.15. The lowest BCUT2D eigenvalue weighted by Gasteiger charge is -2.16. The Labute approximate surface area is 103 Å².